The quantitative estimate of drug-likeness (QED) is 0.138. The second kappa shape index (κ2) is 11.6. The highest BCUT2D eigenvalue weighted by Gasteiger charge is 2.34. The number of nitrogens with zero attached hydrogens (tertiary/aromatic N) is 1. The van der Waals surface area contributed by atoms with Gasteiger partial charge in [0.1, 0.15) is 6.54 Å². The Hall–Kier alpha value is -2.71. The van der Waals surface area contributed by atoms with E-state index in [1.807, 2.05) is 6.07 Å². The van der Waals surface area contributed by atoms with Gasteiger partial charge in [-0.15, -0.1) is 11.8 Å². The zero-order valence-corrected chi connectivity index (χ0v) is 22.2. The number of alkyl halides is 6. The maximum absolute atomic E-state index is 13.5. The van der Waals surface area contributed by atoms with Crippen molar-refractivity contribution in [3.8, 4) is 11.8 Å². The molecule has 3 nitrogen and oxygen atoms in total. The van der Waals surface area contributed by atoms with Gasteiger partial charge < -0.3 is 15.2 Å². The predicted octanol–water partition coefficient (Wildman–Crippen LogP) is 7.68. The predicted molar refractivity (Wildman–Crippen MR) is 148 cm³/mol. The SMILES string of the molecule is C=S1CCC(Nc2cccc3c2cc(C#CCNc2ccc(SC)cc2C(F)(F)F)n3CC(F)(F)F)CC1. The van der Waals surface area contributed by atoms with Gasteiger partial charge in [-0.3, -0.25) is 0 Å². The van der Waals surface area contributed by atoms with Crippen molar-refractivity contribution in [3.63, 3.8) is 0 Å². The molecule has 4 rings (SSSR count). The molecular weight excluding hydrogens is 544 g/mol. The van der Waals surface area contributed by atoms with Crippen molar-refractivity contribution in [3.05, 3.63) is 53.7 Å². The van der Waals surface area contributed by atoms with Crippen LogP contribution in [0.15, 0.2) is 47.4 Å². The van der Waals surface area contributed by atoms with E-state index in [2.05, 4.69) is 28.3 Å². The number of rotatable bonds is 6. The lowest BCUT2D eigenvalue weighted by Crippen LogP contribution is -2.25. The standard InChI is InChI=1S/C27H27F6N3S2/c1-37-20-8-9-24(22(16-20)27(31,32)33)34-12-4-5-19-15-21-23(35-18-10-13-38(2)14-11-18)6-3-7-25(21)36(19)17-26(28,29)30/h3,6-9,15-16,18,34-35H,2,10-14,17H2,1H3. The first-order chi connectivity index (χ1) is 17.9. The summed E-state index contributed by atoms with van der Waals surface area (Å²) < 4.78 is 81.9. The Morgan fingerprint density at radius 3 is 2.45 bits per heavy atom. The molecule has 0 unspecified atom stereocenters. The van der Waals surface area contributed by atoms with Gasteiger partial charge in [0.25, 0.3) is 0 Å². The summed E-state index contributed by atoms with van der Waals surface area (Å²) in [5.74, 6) is 11.6. The number of hydrogen-bond donors (Lipinski definition) is 2. The Bertz CT molecular complexity index is 1370. The Morgan fingerprint density at radius 1 is 1.05 bits per heavy atom. The highest BCUT2D eigenvalue weighted by atomic mass is 32.2. The summed E-state index contributed by atoms with van der Waals surface area (Å²) in [7, 11) is 0.159. The van der Waals surface area contributed by atoms with Crippen LogP contribution in [0, 0.1) is 11.8 Å². The minimum absolute atomic E-state index is 0.135. The van der Waals surface area contributed by atoms with E-state index in [0.29, 0.717) is 15.8 Å². The molecule has 1 aromatic heterocycles. The van der Waals surface area contributed by atoms with E-state index in [1.54, 1.807) is 30.5 Å². The molecule has 1 fully saturated rings. The van der Waals surface area contributed by atoms with Crippen molar-refractivity contribution in [2.45, 2.75) is 42.7 Å². The lowest BCUT2D eigenvalue weighted by atomic mass is 10.1. The van der Waals surface area contributed by atoms with Gasteiger partial charge in [0.15, 0.2) is 0 Å². The third kappa shape index (κ3) is 7.03. The lowest BCUT2D eigenvalue weighted by Gasteiger charge is -2.26. The van der Waals surface area contributed by atoms with Gasteiger partial charge in [-0.2, -0.15) is 36.8 Å². The molecule has 1 saturated heterocycles. The van der Waals surface area contributed by atoms with Crippen LogP contribution in [0.3, 0.4) is 0 Å². The van der Waals surface area contributed by atoms with E-state index < -0.39 is 24.5 Å². The molecule has 0 aliphatic carbocycles. The highest BCUT2D eigenvalue weighted by Crippen LogP contribution is 2.37. The van der Waals surface area contributed by atoms with Gasteiger partial charge in [0.05, 0.1) is 23.3 Å². The number of benzene rings is 2. The molecular formula is C27H27F6N3S2. The summed E-state index contributed by atoms with van der Waals surface area (Å²) in [6, 6.07) is 11.0. The monoisotopic (exact) mass is 571 g/mol. The van der Waals surface area contributed by atoms with Crippen LogP contribution in [0.5, 0.6) is 0 Å². The van der Waals surface area contributed by atoms with Crippen molar-refractivity contribution >= 4 is 50.4 Å². The average molecular weight is 572 g/mol. The van der Waals surface area contributed by atoms with Crippen molar-refractivity contribution in [1.82, 2.24) is 4.57 Å². The number of aromatic nitrogens is 1. The summed E-state index contributed by atoms with van der Waals surface area (Å²) in [4.78, 5) is 0.467. The topological polar surface area (TPSA) is 29.0 Å². The number of anilines is 2. The Kier molecular flexibility index (Phi) is 8.62. The number of hydrogen-bond acceptors (Lipinski definition) is 3. The Labute approximate surface area is 224 Å². The zero-order valence-electron chi connectivity index (χ0n) is 20.6. The van der Waals surface area contributed by atoms with Gasteiger partial charge in [-0.1, -0.05) is 17.9 Å². The first-order valence-electron chi connectivity index (χ1n) is 11.9. The van der Waals surface area contributed by atoms with Gasteiger partial charge in [-0.25, -0.2) is 0 Å². The summed E-state index contributed by atoms with van der Waals surface area (Å²) in [6.45, 7) is -1.39. The molecule has 0 atom stereocenters. The molecule has 0 bridgehead atoms. The van der Waals surface area contributed by atoms with Gasteiger partial charge in [-0.05, 0) is 72.9 Å². The second-order valence-corrected chi connectivity index (χ2v) is 11.9. The van der Waals surface area contributed by atoms with Crippen LogP contribution < -0.4 is 10.6 Å². The molecule has 0 radical (unpaired) electrons. The molecule has 0 amide bonds. The van der Waals surface area contributed by atoms with E-state index in [9.17, 15) is 26.3 Å². The van der Waals surface area contributed by atoms with E-state index in [-0.39, 0.29) is 34.5 Å². The van der Waals surface area contributed by atoms with E-state index in [4.69, 9.17) is 0 Å². The fourth-order valence-corrected chi connectivity index (χ4v) is 6.28. The molecule has 0 spiro atoms. The second-order valence-electron chi connectivity index (χ2n) is 8.97. The molecule has 38 heavy (non-hydrogen) atoms. The first kappa shape index (κ1) is 28.3. The molecule has 0 saturated carbocycles. The first-order valence-corrected chi connectivity index (χ1v) is 14.8. The minimum Gasteiger partial charge on any atom is -0.382 e. The molecule has 1 aliphatic heterocycles. The maximum atomic E-state index is 13.5. The molecule has 2 N–H and O–H groups in total. The molecule has 11 heteroatoms. The minimum atomic E-state index is -4.56. The van der Waals surface area contributed by atoms with E-state index >= 15 is 0 Å². The third-order valence-electron chi connectivity index (χ3n) is 6.27. The summed E-state index contributed by atoms with van der Waals surface area (Å²) >= 11 is 1.20. The van der Waals surface area contributed by atoms with Crippen LogP contribution >= 0.6 is 22.2 Å². The summed E-state index contributed by atoms with van der Waals surface area (Å²) in [5, 5.41) is 6.77. The van der Waals surface area contributed by atoms with Crippen molar-refractivity contribution in [1.29, 1.82) is 0 Å². The summed E-state index contributed by atoms with van der Waals surface area (Å²) in [6.07, 6.45) is -5.46. The van der Waals surface area contributed by atoms with Gasteiger partial charge in [0, 0.05) is 27.7 Å². The molecule has 1 aliphatic rings. The number of halogens is 6. The van der Waals surface area contributed by atoms with E-state index in [1.165, 1.54) is 17.8 Å². The van der Waals surface area contributed by atoms with Crippen LogP contribution in [-0.2, 0) is 12.7 Å². The number of thioether (sulfide) groups is 1. The molecule has 2 aromatic carbocycles. The zero-order chi connectivity index (χ0) is 27.5. The summed E-state index contributed by atoms with van der Waals surface area (Å²) in [5.41, 5.74) is 0.324. The molecule has 204 valence electrons. The fraction of sp³-hybridized carbons (Fsp3) is 0.370. The Morgan fingerprint density at radius 2 is 1.79 bits per heavy atom. The molecule has 2 heterocycles. The number of nitrogens with one attached hydrogen (secondary N) is 2. The van der Waals surface area contributed by atoms with Crippen molar-refractivity contribution < 1.29 is 26.3 Å². The van der Waals surface area contributed by atoms with Crippen molar-refractivity contribution in [2.75, 3.05) is 34.9 Å². The molecule has 3 aromatic rings. The van der Waals surface area contributed by atoms with Gasteiger partial charge >= 0.3 is 12.4 Å². The van der Waals surface area contributed by atoms with Crippen LogP contribution in [0.25, 0.3) is 10.9 Å². The smallest absolute Gasteiger partial charge is 0.382 e. The largest absolute Gasteiger partial charge is 0.418 e. The fourth-order valence-electron chi connectivity index (χ4n) is 4.41. The van der Waals surface area contributed by atoms with Crippen LogP contribution in [-0.4, -0.2) is 47.0 Å². The van der Waals surface area contributed by atoms with Gasteiger partial charge in [0.2, 0.25) is 0 Å². The average Bonchev–Trinajstić information content (AvgIpc) is 3.19. The van der Waals surface area contributed by atoms with Crippen LogP contribution in [0.1, 0.15) is 24.1 Å². The lowest BCUT2D eigenvalue weighted by molar-refractivity contribution is -0.140. The Balaban J connectivity index is 1.61. The number of fused-ring (bicyclic) bond motifs is 1. The van der Waals surface area contributed by atoms with Crippen LogP contribution in [0.2, 0.25) is 0 Å². The van der Waals surface area contributed by atoms with Crippen LogP contribution in [0.4, 0.5) is 37.7 Å². The van der Waals surface area contributed by atoms with Crippen molar-refractivity contribution in [2.24, 2.45) is 0 Å². The van der Waals surface area contributed by atoms with E-state index in [0.717, 1.165) is 40.7 Å². The maximum Gasteiger partial charge on any atom is 0.418 e. The third-order valence-corrected chi connectivity index (χ3v) is 8.62. The highest BCUT2D eigenvalue weighted by molar-refractivity contribution is 8.14. The normalized spacial score (nSPS) is 18.2.